The number of ketones is 1. The van der Waals surface area contributed by atoms with Crippen molar-refractivity contribution in [3.05, 3.63) is 26.8 Å². The normalized spacial score (nSPS) is 15.6. The maximum atomic E-state index is 11.1. The molecule has 0 saturated carbocycles. The highest BCUT2D eigenvalue weighted by molar-refractivity contribution is 14.1. The molecule has 2 nitrogen and oxygen atoms in total. The molecular formula is C10H9IO2. The van der Waals surface area contributed by atoms with Gasteiger partial charge in [0.25, 0.3) is 0 Å². The quantitative estimate of drug-likeness (QED) is 0.742. The van der Waals surface area contributed by atoms with E-state index in [1.807, 2.05) is 6.07 Å². The number of halogens is 1. The molecule has 0 saturated heterocycles. The molecule has 13 heavy (non-hydrogen) atoms. The first-order chi connectivity index (χ1) is 6.16. The average Bonchev–Trinajstić information content (AvgIpc) is 2.06. The number of rotatable bonds is 0. The van der Waals surface area contributed by atoms with Gasteiger partial charge in [0.15, 0.2) is 0 Å². The van der Waals surface area contributed by atoms with Crippen molar-refractivity contribution in [1.82, 2.24) is 0 Å². The predicted octanol–water partition coefficient (Wildman–Crippen LogP) is 2.05. The summed E-state index contributed by atoms with van der Waals surface area (Å²) in [4.78, 5) is 11.1. The molecule has 1 aromatic carbocycles. The highest BCUT2D eigenvalue weighted by Crippen LogP contribution is 2.29. The zero-order valence-electron chi connectivity index (χ0n) is 7.01. The summed E-state index contributed by atoms with van der Waals surface area (Å²) in [6.45, 7) is 0. The molecule has 0 amide bonds. The average molecular weight is 288 g/mol. The van der Waals surface area contributed by atoms with Crippen molar-refractivity contribution >= 4 is 28.4 Å². The zero-order valence-corrected chi connectivity index (χ0v) is 9.17. The second kappa shape index (κ2) is 3.29. The summed E-state index contributed by atoms with van der Waals surface area (Å²) in [6, 6.07) is 3.75. The van der Waals surface area contributed by atoms with Gasteiger partial charge >= 0.3 is 0 Å². The molecule has 0 bridgehead atoms. The second-order valence-electron chi connectivity index (χ2n) is 3.28. The molecule has 1 aliphatic carbocycles. The molecule has 0 aliphatic heterocycles. The first kappa shape index (κ1) is 8.99. The Hall–Kier alpha value is -0.580. The minimum atomic E-state index is 0.226. The van der Waals surface area contributed by atoms with Crippen molar-refractivity contribution in [2.45, 2.75) is 19.3 Å². The third-order valence-electron chi connectivity index (χ3n) is 2.33. The lowest BCUT2D eigenvalue weighted by Gasteiger charge is -2.16. The molecular weight excluding hydrogens is 279 g/mol. The Kier molecular flexibility index (Phi) is 2.27. The predicted molar refractivity (Wildman–Crippen MR) is 57.9 cm³/mol. The van der Waals surface area contributed by atoms with Gasteiger partial charge in [0.05, 0.1) is 0 Å². The first-order valence-electron chi connectivity index (χ1n) is 4.19. The number of phenolic OH excluding ortho intramolecular Hbond substituents is 1. The van der Waals surface area contributed by atoms with E-state index in [2.05, 4.69) is 22.6 Å². The smallest absolute Gasteiger partial charge is 0.137 e. The Bertz CT molecular complexity index is 371. The molecule has 1 aliphatic rings. The third kappa shape index (κ3) is 1.70. The van der Waals surface area contributed by atoms with Crippen LogP contribution in [0.15, 0.2) is 12.1 Å². The van der Waals surface area contributed by atoms with Crippen molar-refractivity contribution in [1.29, 1.82) is 0 Å². The maximum Gasteiger partial charge on any atom is 0.137 e. The van der Waals surface area contributed by atoms with E-state index in [4.69, 9.17) is 0 Å². The number of aryl methyl sites for hydroxylation is 1. The molecule has 68 valence electrons. The van der Waals surface area contributed by atoms with Crippen LogP contribution in [0, 0.1) is 3.57 Å². The number of hydrogen-bond acceptors (Lipinski definition) is 2. The van der Waals surface area contributed by atoms with Gasteiger partial charge in [0, 0.05) is 22.0 Å². The zero-order chi connectivity index (χ0) is 9.42. The number of benzene rings is 1. The van der Waals surface area contributed by atoms with Crippen LogP contribution in [0.4, 0.5) is 0 Å². The van der Waals surface area contributed by atoms with Gasteiger partial charge in [-0.1, -0.05) is 0 Å². The van der Waals surface area contributed by atoms with Gasteiger partial charge in [0.1, 0.15) is 11.5 Å². The number of Topliss-reactive ketones (excluding diaryl/α,β-unsaturated/α-hetero) is 1. The SMILES string of the molecule is O=C1CCc2cc(I)cc(O)c2C1. The fraction of sp³-hybridized carbons (Fsp3) is 0.300. The Morgan fingerprint density at radius 1 is 1.31 bits per heavy atom. The lowest BCUT2D eigenvalue weighted by Crippen LogP contribution is -2.13. The van der Waals surface area contributed by atoms with Crippen LogP contribution in [0.5, 0.6) is 5.75 Å². The van der Waals surface area contributed by atoms with E-state index in [-0.39, 0.29) is 11.5 Å². The lowest BCUT2D eigenvalue weighted by atomic mass is 9.90. The monoisotopic (exact) mass is 288 g/mol. The molecule has 0 radical (unpaired) electrons. The van der Waals surface area contributed by atoms with Crippen molar-refractivity contribution in [2.24, 2.45) is 0 Å². The van der Waals surface area contributed by atoms with Gasteiger partial charge in [-0.05, 0) is 46.7 Å². The Labute approximate surface area is 90.1 Å². The molecule has 0 atom stereocenters. The van der Waals surface area contributed by atoms with Crippen LogP contribution in [0.1, 0.15) is 17.5 Å². The molecule has 2 rings (SSSR count). The van der Waals surface area contributed by atoms with E-state index in [9.17, 15) is 9.90 Å². The van der Waals surface area contributed by atoms with E-state index >= 15 is 0 Å². The second-order valence-corrected chi connectivity index (χ2v) is 4.52. The highest BCUT2D eigenvalue weighted by atomic mass is 127. The van der Waals surface area contributed by atoms with Gasteiger partial charge in [-0.2, -0.15) is 0 Å². The van der Waals surface area contributed by atoms with E-state index < -0.39 is 0 Å². The standard InChI is InChI=1S/C10H9IO2/c11-7-3-6-1-2-8(12)5-9(6)10(13)4-7/h3-4,13H,1-2,5H2. The summed E-state index contributed by atoms with van der Waals surface area (Å²) in [6.07, 6.45) is 1.79. The van der Waals surface area contributed by atoms with Gasteiger partial charge < -0.3 is 5.11 Å². The van der Waals surface area contributed by atoms with Crippen LogP contribution in [0.2, 0.25) is 0 Å². The van der Waals surface area contributed by atoms with Crippen LogP contribution in [-0.2, 0) is 17.6 Å². The fourth-order valence-corrected chi connectivity index (χ4v) is 2.34. The molecule has 0 fully saturated rings. The molecule has 0 unspecified atom stereocenters. The van der Waals surface area contributed by atoms with E-state index in [0.717, 1.165) is 21.1 Å². The number of phenols is 1. The fourth-order valence-electron chi connectivity index (χ4n) is 1.66. The molecule has 1 aromatic rings. The minimum Gasteiger partial charge on any atom is -0.508 e. The Morgan fingerprint density at radius 2 is 2.08 bits per heavy atom. The third-order valence-corrected chi connectivity index (χ3v) is 2.95. The van der Waals surface area contributed by atoms with Gasteiger partial charge in [0.2, 0.25) is 0 Å². The topological polar surface area (TPSA) is 37.3 Å². The Morgan fingerprint density at radius 3 is 2.85 bits per heavy atom. The molecule has 3 heteroatoms. The highest BCUT2D eigenvalue weighted by Gasteiger charge is 2.18. The number of fused-ring (bicyclic) bond motifs is 1. The summed E-state index contributed by atoms with van der Waals surface area (Å²) in [5, 5.41) is 9.60. The molecule has 0 aromatic heterocycles. The van der Waals surface area contributed by atoms with Gasteiger partial charge in [-0.25, -0.2) is 0 Å². The van der Waals surface area contributed by atoms with Crippen LogP contribution in [-0.4, -0.2) is 10.9 Å². The van der Waals surface area contributed by atoms with E-state index in [1.54, 1.807) is 6.07 Å². The first-order valence-corrected chi connectivity index (χ1v) is 5.26. The Balaban J connectivity index is 2.53. The summed E-state index contributed by atoms with van der Waals surface area (Å²) in [5.41, 5.74) is 1.96. The van der Waals surface area contributed by atoms with Crippen molar-refractivity contribution in [2.75, 3.05) is 0 Å². The number of hydrogen-bond donors (Lipinski definition) is 1. The number of carbonyl (C=O) groups excluding carboxylic acids is 1. The van der Waals surface area contributed by atoms with Crippen molar-refractivity contribution < 1.29 is 9.90 Å². The van der Waals surface area contributed by atoms with Crippen molar-refractivity contribution in [3.8, 4) is 5.75 Å². The van der Waals surface area contributed by atoms with E-state index in [1.165, 1.54) is 0 Å². The lowest BCUT2D eigenvalue weighted by molar-refractivity contribution is -0.118. The summed E-state index contributed by atoms with van der Waals surface area (Å²) in [5.74, 6) is 0.499. The van der Waals surface area contributed by atoms with Crippen LogP contribution >= 0.6 is 22.6 Å². The summed E-state index contributed by atoms with van der Waals surface area (Å²) in [7, 11) is 0. The number of carbonyl (C=O) groups is 1. The van der Waals surface area contributed by atoms with Crippen LogP contribution in [0.25, 0.3) is 0 Å². The summed E-state index contributed by atoms with van der Waals surface area (Å²) < 4.78 is 1.03. The number of aromatic hydroxyl groups is 1. The van der Waals surface area contributed by atoms with Crippen LogP contribution in [0.3, 0.4) is 0 Å². The molecule has 0 spiro atoms. The van der Waals surface area contributed by atoms with Crippen molar-refractivity contribution in [3.63, 3.8) is 0 Å². The summed E-state index contributed by atoms with van der Waals surface area (Å²) >= 11 is 2.17. The van der Waals surface area contributed by atoms with Gasteiger partial charge in [-0.3, -0.25) is 4.79 Å². The van der Waals surface area contributed by atoms with Gasteiger partial charge in [-0.15, -0.1) is 0 Å². The molecule has 1 N–H and O–H groups in total. The van der Waals surface area contributed by atoms with Crippen LogP contribution < -0.4 is 0 Å². The minimum absolute atomic E-state index is 0.226. The molecule has 0 heterocycles. The largest absolute Gasteiger partial charge is 0.508 e. The van der Waals surface area contributed by atoms with E-state index in [0.29, 0.717) is 12.8 Å². The maximum absolute atomic E-state index is 11.1.